The van der Waals surface area contributed by atoms with Gasteiger partial charge in [0.15, 0.2) is 5.82 Å². The molecule has 0 spiro atoms. The molecule has 8 nitrogen and oxygen atoms in total. The number of sulfonamides is 1. The SMILES string of the molecule is CCc1ccc(S(=O)(=O)NCc2nc(N(C)C)nc(N3CCCC3)n2)cc1. The van der Waals surface area contributed by atoms with Gasteiger partial charge in [-0.25, -0.2) is 13.1 Å². The molecule has 3 rings (SSSR count). The number of nitrogens with one attached hydrogen (secondary N) is 1. The van der Waals surface area contributed by atoms with Gasteiger partial charge in [0.2, 0.25) is 21.9 Å². The molecule has 0 amide bonds. The van der Waals surface area contributed by atoms with E-state index in [2.05, 4.69) is 24.6 Å². The second-order valence-electron chi connectivity index (χ2n) is 6.76. The van der Waals surface area contributed by atoms with E-state index in [1.165, 1.54) is 0 Å². The van der Waals surface area contributed by atoms with Crippen LogP contribution < -0.4 is 14.5 Å². The summed E-state index contributed by atoms with van der Waals surface area (Å²) in [6.07, 6.45) is 3.09. The molecule has 2 aromatic rings. The summed E-state index contributed by atoms with van der Waals surface area (Å²) in [5.41, 5.74) is 1.09. The predicted molar refractivity (Wildman–Crippen MR) is 105 cm³/mol. The van der Waals surface area contributed by atoms with Gasteiger partial charge < -0.3 is 9.80 Å². The number of benzene rings is 1. The van der Waals surface area contributed by atoms with Gasteiger partial charge in [-0.1, -0.05) is 19.1 Å². The smallest absolute Gasteiger partial charge is 0.240 e. The highest BCUT2D eigenvalue weighted by molar-refractivity contribution is 7.89. The van der Waals surface area contributed by atoms with E-state index in [4.69, 9.17) is 0 Å². The molecule has 1 aromatic carbocycles. The Morgan fingerprint density at radius 1 is 1.07 bits per heavy atom. The molecule has 0 unspecified atom stereocenters. The first kappa shape index (κ1) is 19.5. The van der Waals surface area contributed by atoms with Crippen LogP contribution in [0, 0.1) is 0 Å². The number of aromatic nitrogens is 3. The maximum atomic E-state index is 12.6. The molecule has 0 atom stereocenters. The Bertz CT molecular complexity index is 877. The third-order valence-corrected chi connectivity index (χ3v) is 5.93. The fourth-order valence-corrected chi connectivity index (χ4v) is 3.86. The van der Waals surface area contributed by atoms with E-state index in [0.717, 1.165) is 37.9 Å². The van der Waals surface area contributed by atoms with E-state index in [0.29, 0.717) is 17.7 Å². The summed E-state index contributed by atoms with van der Waals surface area (Å²) in [6, 6.07) is 6.89. The summed E-state index contributed by atoms with van der Waals surface area (Å²) in [6.45, 7) is 3.86. The minimum Gasteiger partial charge on any atom is -0.347 e. The van der Waals surface area contributed by atoms with Crippen LogP contribution in [0.25, 0.3) is 0 Å². The van der Waals surface area contributed by atoms with Crippen LogP contribution in [0.4, 0.5) is 11.9 Å². The molecule has 1 aliphatic heterocycles. The molecule has 2 heterocycles. The molecule has 1 saturated heterocycles. The summed E-state index contributed by atoms with van der Waals surface area (Å²) in [7, 11) is 0.0810. The normalized spacial score (nSPS) is 14.6. The van der Waals surface area contributed by atoms with Crippen molar-refractivity contribution >= 4 is 21.9 Å². The van der Waals surface area contributed by atoms with Gasteiger partial charge in [0.05, 0.1) is 11.4 Å². The van der Waals surface area contributed by atoms with Gasteiger partial charge in [-0.15, -0.1) is 0 Å². The highest BCUT2D eigenvalue weighted by Crippen LogP contribution is 2.18. The number of anilines is 2. The quantitative estimate of drug-likeness (QED) is 0.767. The second-order valence-corrected chi connectivity index (χ2v) is 8.53. The fourth-order valence-electron chi connectivity index (χ4n) is 2.88. The lowest BCUT2D eigenvalue weighted by Crippen LogP contribution is -2.27. The van der Waals surface area contributed by atoms with Crippen LogP contribution in [0.15, 0.2) is 29.2 Å². The zero-order valence-corrected chi connectivity index (χ0v) is 16.8. The van der Waals surface area contributed by atoms with Gasteiger partial charge in [-0.05, 0) is 37.0 Å². The van der Waals surface area contributed by atoms with E-state index in [1.54, 1.807) is 17.0 Å². The Morgan fingerprint density at radius 3 is 2.33 bits per heavy atom. The Hall–Kier alpha value is -2.26. The van der Waals surface area contributed by atoms with E-state index in [9.17, 15) is 8.42 Å². The second kappa shape index (κ2) is 8.18. The number of nitrogens with zero attached hydrogens (tertiary/aromatic N) is 5. The molecular formula is C18H26N6O2S. The predicted octanol–water partition coefficient (Wildman–Crippen LogP) is 1.58. The third kappa shape index (κ3) is 4.72. The molecule has 0 radical (unpaired) electrons. The lowest BCUT2D eigenvalue weighted by molar-refractivity contribution is 0.579. The van der Waals surface area contributed by atoms with Gasteiger partial charge in [0.1, 0.15) is 0 Å². The standard InChI is InChI=1S/C18H26N6O2S/c1-4-14-7-9-15(10-8-14)27(25,26)19-13-16-20-17(23(2)3)22-18(21-16)24-11-5-6-12-24/h7-10,19H,4-6,11-13H2,1-3H3. The maximum Gasteiger partial charge on any atom is 0.240 e. The number of hydrogen-bond acceptors (Lipinski definition) is 7. The highest BCUT2D eigenvalue weighted by Gasteiger charge is 2.19. The summed E-state index contributed by atoms with van der Waals surface area (Å²) >= 11 is 0. The van der Waals surface area contributed by atoms with Crippen molar-refractivity contribution in [2.45, 2.75) is 37.6 Å². The lowest BCUT2D eigenvalue weighted by Gasteiger charge is -2.19. The number of hydrogen-bond donors (Lipinski definition) is 1. The van der Waals surface area contributed by atoms with Crippen molar-refractivity contribution in [3.63, 3.8) is 0 Å². The maximum absolute atomic E-state index is 12.6. The van der Waals surface area contributed by atoms with Crippen molar-refractivity contribution in [1.29, 1.82) is 0 Å². The van der Waals surface area contributed by atoms with Crippen molar-refractivity contribution in [3.05, 3.63) is 35.7 Å². The zero-order valence-electron chi connectivity index (χ0n) is 16.0. The monoisotopic (exact) mass is 390 g/mol. The summed E-state index contributed by atoms with van der Waals surface area (Å²) < 4.78 is 27.7. The van der Waals surface area contributed by atoms with Gasteiger partial charge in [0.25, 0.3) is 0 Å². The average Bonchev–Trinajstić information content (AvgIpc) is 3.21. The van der Waals surface area contributed by atoms with Crippen LogP contribution in [0.2, 0.25) is 0 Å². The Kier molecular flexibility index (Phi) is 5.91. The molecule has 1 fully saturated rings. The molecule has 27 heavy (non-hydrogen) atoms. The zero-order chi connectivity index (χ0) is 19.4. The fraction of sp³-hybridized carbons (Fsp3) is 0.500. The van der Waals surface area contributed by atoms with Crippen molar-refractivity contribution in [3.8, 4) is 0 Å². The van der Waals surface area contributed by atoms with E-state index >= 15 is 0 Å². The molecule has 1 aromatic heterocycles. The molecule has 0 saturated carbocycles. The molecule has 0 bridgehead atoms. The first-order valence-corrected chi connectivity index (χ1v) is 10.6. The van der Waals surface area contributed by atoms with E-state index in [1.807, 2.05) is 33.2 Å². The molecular weight excluding hydrogens is 364 g/mol. The number of aryl methyl sites for hydroxylation is 1. The minimum atomic E-state index is -3.63. The first-order chi connectivity index (χ1) is 12.9. The van der Waals surface area contributed by atoms with Gasteiger partial charge in [0, 0.05) is 27.2 Å². The van der Waals surface area contributed by atoms with Crippen molar-refractivity contribution in [2.75, 3.05) is 37.0 Å². The van der Waals surface area contributed by atoms with Crippen LogP contribution in [0.1, 0.15) is 31.2 Å². The van der Waals surface area contributed by atoms with Crippen LogP contribution in [0.5, 0.6) is 0 Å². The third-order valence-electron chi connectivity index (χ3n) is 4.51. The van der Waals surface area contributed by atoms with E-state index < -0.39 is 10.0 Å². The summed E-state index contributed by atoms with van der Waals surface area (Å²) in [5, 5.41) is 0. The Balaban J connectivity index is 1.79. The Labute approximate surface area is 160 Å². The van der Waals surface area contributed by atoms with Gasteiger partial charge in [-0.2, -0.15) is 15.0 Å². The van der Waals surface area contributed by atoms with Crippen molar-refractivity contribution in [2.24, 2.45) is 0 Å². The lowest BCUT2D eigenvalue weighted by atomic mass is 10.2. The molecule has 1 N–H and O–H groups in total. The Morgan fingerprint density at radius 2 is 1.74 bits per heavy atom. The van der Waals surface area contributed by atoms with Crippen LogP contribution in [-0.2, 0) is 23.0 Å². The highest BCUT2D eigenvalue weighted by atomic mass is 32.2. The average molecular weight is 391 g/mol. The number of rotatable bonds is 7. The molecule has 146 valence electrons. The van der Waals surface area contributed by atoms with Gasteiger partial charge >= 0.3 is 0 Å². The van der Waals surface area contributed by atoms with Crippen LogP contribution in [0.3, 0.4) is 0 Å². The largest absolute Gasteiger partial charge is 0.347 e. The molecule has 0 aliphatic carbocycles. The first-order valence-electron chi connectivity index (χ1n) is 9.15. The van der Waals surface area contributed by atoms with Crippen LogP contribution >= 0.6 is 0 Å². The van der Waals surface area contributed by atoms with Crippen molar-refractivity contribution in [1.82, 2.24) is 19.7 Å². The van der Waals surface area contributed by atoms with E-state index in [-0.39, 0.29) is 11.4 Å². The molecule has 1 aliphatic rings. The topological polar surface area (TPSA) is 91.3 Å². The minimum absolute atomic E-state index is 0.0159. The summed E-state index contributed by atoms with van der Waals surface area (Å²) in [4.78, 5) is 17.5. The van der Waals surface area contributed by atoms with Crippen molar-refractivity contribution < 1.29 is 8.42 Å². The molecule has 9 heteroatoms. The van der Waals surface area contributed by atoms with Gasteiger partial charge in [-0.3, -0.25) is 0 Å². The van der Waals surface area contributed by atoms with Crippen LogP contribution in [-0.4, -0.2) is 50.6 Å². The summed E-state index contributed by atoms with van der Waals surface area (Å²) in [5.74, 6) is 1.53.